The summed E-state index contributed by atoms with van der Waals surface area (Å²) < 4.78 is 11.8. The summed E-state index contributed by atoms with van der Waals surface area (Å²) in [6.07, 6.45) is 1.68. The van der Waals surface area contributed by atoms with E-state index in [0.717, 1.165) is 5.56 Å². The maximum absolute atomic E-state index is 12.8. The summed E-state index contributed by atoms with van der Waals surface area (Å²) in [6, 6.07) is 11.4. The molecule has 0 unspecified atom stereocenters. The number of ether oxygens (including phenoxy) is 2. The third kappa shape index (κ3) is 3.48. The number of carboxylic acids is 1. The number of rotatable bonds is 5. The molecular weight excluding hydrogens is 348 g/mol. The minimum absolute atomic E-state index is 0.0880. The van der Waals surface area contributed by atoms with Crippen molar-refractivity contribution in [2.75, 3.05) is 14.2 Å². The van der Waals surface area contributed by atoms with Crippen LogP contribution in [-0.4, -0.2) is 35.1 Å². The van der Waals surface area contributed by atoms with Crippen molar-refractivity contribution in [2.24, 2.45) is 0 Å². The van der Waals surface area contributed by atoms with Crippen molar-refractivity contribution < 1.29 is 19.4 Å². The maximum atomic E-state index is 12.8. The van der Waals surface area contributed by atoms with Gasteiger partial charge in [0.2, 0.25) is 0 Å². The molecule has 0 aliphatic rings. The molecule has 2 N–H and O–H groups in total. The topological polar surface area (TPSA) is 93.6 Å². The van der Waals surface area contributed by atoms with E-state index in [1.54, 1.807) is 43.5 Å². The highest BCUT2D eigenvalue weighted by Crippen LogP contribution is 2.27. The lowest BCUT2D eigenvalue weighted by Crippen LogP contribution is -2.34. The number of benzene rings is 2. The number of methoxy groups -OCH3 is 2. The Kier molecular flexibility index (Phi) is 4.85. The average Bonchev–Trinajstić information content (AvgIpc) is 2.96. The van der Waals surface area contributed by atoms with Gasteiger partial charge in [-0.1, -0.05) is 18.7 Å². The first-order valence-corrected chi connectivity index (χ1v) is 8.02. The first-order chi connectivity index (χ1) is 12.9. The molecular formula is C20H18N2O5. The van der Waals surface area contributed by atoms with Gasteiger partial charge < -0.3 is 14.6 Å². The second-order valence-corrected chi connectivity index (χ2v) is 5.76. The van der Waals surface area contributed by atoms with Crippen LogP contribution in [0.1, 0.15) is 15.9 Å². The second-order valence-electron chi connectivity index (χ2n) is 5.76. The van der Waals surface area contributed by atoms with Crippen LogP contribution in [0.3, 0.4) is 0 Å². The quantitative estimate of drug-likeness (QED) is 0.706. The molecule has 0 aliphatic heterocycles. The number of aromatic carboxylic acids is 1. The highest BCUT2D eigenvalue weighted by molar-refractivity contribution is 5.88. The molecule has 1 aromatic heterocycles. The highest BCUT2D eigenvalue weighted by Gasteiger charge is 2.09. The molecule has 0 fully saturated rings. The van der Waals surface area contributed by atoms with Crippen LogP contribution in [0.25, 0.3) is 18.3 Å². The Hall–Kier alpha value is -3.74. The highest BCUT2D eigenvalue weighted by atomic mass is 16.5. The third-order valence-corrected chi connectivity index (χ3v) is 4.08. The van der Waals surface area contributed by atoms with Crippen molar-refractivity contribution in [3.63, 3.8) is 0 Å². The minimum Gasteiger partial charge on any atom is -0.493 e. The van der Waals surface area contributed by atoms with Gasteiger partial charge in [-0.2, -0.15) is 0 Å². The number of hydrogen-bond donors (Lipinski definition) is 2. The van der Waals surface area contributed by atoms with Crippen LogP contribution in [-0.2, 0) is 0 Å². The normalized spacial score (nSPS) is 11.4. The maximum Gasteiger partial charge on any atom is 0.335 e. The average molecular weight is 366 g/mol. The van der Waals surface area contributed by atoms with E-state index in [4.69, 9.17) is 14.6 Å². The number of carbonyl (C=O) groups is 1. The van der Waals surface area contributed by atoms with E-state index in [9.17, 15) is 9.59 Å². The first-order valence-electron chi connectivity index (χ1n) is 8.02. The summed E-state index contributed by atoms with van der Waals surface area (Å²) in [5.41, 5.74) is 0.902. The third-order valence-electron chi connectivity index (χ3n) is 4.08. The molecule has 1 heterocycles. The first kappa shape index (κ1) is 18.1. The molecule has 138 valence electrons. The van der Waals surface area contributed by atoms with Crippen molar-refractivity contribution in [2.45, 2.75) is 0 Å². The Morgan fingerprint density at radius 1 is 1.15 bits per heavy atom. The Balaban J connectivity index is 2.13. The summed E-state index contributed by atoms with van der Waals surface area (Å²) in [7, 11) is 3.08. The van der Waals surface area contributed by atoms with Gasteiger partial charge in [0.15, 0.2) is 11.5 Å². The lowest BCUT2D eigenvalue weighted by molar-refractivity contribution is 0.0697. The van der Waals surface area contributed by atoms with E-state index in [1.165, 1.54) is 23.9 Å². The monoisotopic (exact) mass is 366 g/mol. The van der Waals surface area contributed by atoms with E-state index < -0.39 is 5.97 Å². The number of nitrogens with one attached hydrogen (secondary N) is 1. The summed E-state index contributed by atoms with van der Waals surface area (Å²) in [5, 5.41) is 12.8. The fourth-order valence-electron chi connectivity index (χ4n) is 2.71. The standard InChI is InChI=1S/C20H18N2O5/c1-12-16(9-13-7-8-17(26-2)18(10-13)27-3)19(23)22(21-12)15-6-4-5-14(11-15)20(24)25/h4-11,21H,1H2,2-3H3,(H,24,25)/b16-9+. The van der Waals surface area contributed by atoms with Crippen molar-refractivity contribution in [1.82, 2.24) is 9.78 Å². The van der Waals surface area contributed by atoms with Crippen LogP contribution in [0.4, 0.5) is 0 Å². The van der Waals surface area contributed by atoms with Crippen LogP contribution < -0.4 is 25.6 Å². The molecule has 3 aromatic rings. The molecule has 0 radical (unpaired) electrons. The molecule has 0 bridgehead atoms. The van der Waals surface area contributed by atoms with Gasteiger partial charge in [-0.25, -0.2) is 9.48 Å². The number of nitrogens with zero attached hydrogens (tertiary/aromatic N) is 1. The Labute approximate surface area is 154 Å². The predicted octanol–water partition coefficient (Wildman–Crippen LogP) is 1.12. The summed E-state index contributed by atoms with van der Waals surface area (Å²) >= 11 is 0. The number of aromatic amines is 1. The van der Waals surface area contributed by atoms with Crippen molar-refractivity contribution >= 4 is 18.6 Å². The zero-order valence-corrected chi connectivity index (χ0v) is 14.9. The van der Waals surface area contributed by atoms with E-state index in [1.807, 2.05) is 0 Å². The molecule has 7 heteroatoms. The lowest BCUT2D eigenvalue weighted by Gasteiger charge is -2.07. The fraction of sp³-hybridized carbons (Fsp3) is 0.100. The van der Waals surface area contributed by atoms with Crippen LogP contribution in [0.5, 0.6) is 11.5 Å². The Morgan fingerprint density at radius 2 is 1.89 bits per heavy atom. The smallest absolute Gasteiger partial charge is 0.335 e. The van der Waals surface area contributed by atoms with Gasteiger partial charge in [0.1, 0.15) is 0 Å². The predicted molar refractivity (Wildman–Crippen MR) is 101 cm³/mol. The van der Waals surface area contributed by atoms with E-state index in [0.29, 0.717) is 27.8 Å². The Morgan fingerprint density at radius 3 is 2.56 bits per heavy atom. The zero-order chi connectivity index (χ0) is 19.6. The van der Waals surface area contributed by atoms with Gasteiger partial charge in [0, 0.05) is 0 Å². The molecule has 2 aromatic carbocycles. The van der Waals surface area contributed by atoms with Gasteiger partial charge >= 0.3 is 5.97 Å². The van der Waals surface area contributed by atoms with Crippen LogP contribution >= 0.6 is 0 Å². The molecule has 0 atom stereocenters. The molecule has 0 saturated carbocycles. The largest absolute Gasteiger partial charge is 0.493 e. The van der Waals surface area contributed by atoms with Gasteiger partial charge in [0.05, 0.1) is 36.0 Å². The molecule has 3 rings (SSSR count). The summed E-state index contributed by atoms with van der Waals surface area (Å²) in [5.74, 6) is 0.0618. The van der Waals surface area contributed by atoms with Gasteiger partial charge in [0.25, 0.3) is 5.56 Å². The van der Waals surface area contributed by atoms with Crippen molar-refractivity contribution in [3.05, 3.63) is 74.5 Å². The molecule has 27 heavy (non-hydrogen) atoms. The van der Waals surface area contributed by atoms with Crippen LogP contribution in [0, 0.1) is 0 Å². The van der Waals surface area contributed by atoms with Crippen LogP contribution in [0.2, 0.25) is 0 Å². The number of hydrogen-bond acceptors (Lipinski definition) is 4. The molecule has 0 aliphatic carbocycles. The summed E-state index contributed by atoms with van der Waals surface area (Å²) in [4.78, 5) is 24.0. The van der Waals surface area contributed by atoms with Gasteiger partial charge in [-0.05, 0) is 42.0 Å². The summed E-state index contributed by atoms with van der Waals surface area (Å²) in [6.45, 7) is 3.88. The van der Waals surface area contributed by atoms with Crippen molar-refractivity contribution in [1.29, 1.82) is 0 Å². The number of H-pyrrole nitrogens is 1. The van der Waals surface area contributed by atoms with E-state index in [-0.39, 0.29) is 11.1 Å². The lowest BCUT2D eigenvalue weighted by atomic mass is 10.1. The fourth-order valence-corrected chi connectivity index (χ4v) is 2.71. The molecule has 7 nitrogen and oxygen atoms in total. The SMILES string of the molecule is C=c1[nH]n(-c2cccc(C(=O)O)c2)c(=O)/c1=C/c1ccc(OC)c(OC)c1. The van der Waals surface area contributed by atoms with Gasteiger partial charge in [-0.15, -0.1) is 0 Å². The molecule has 0 spiro atoms. The Bertz CT molecular complexity index is 1170. The second kappa shape index (κ2) is 7.25. The molecule has 0 saturated heterocycles. The molecule has 0 amide bonds. The number of aromatic nitrogens is 2. The van der Waals surface area contributed by atoms with Crippen molar-refractivity contribution in [3.8, 4) is 17.2 Å². The minimum atomic E-state index is -1.07. The van der Waals surface area contributed by atoms with E-state index >= 15 is 0 Å². The number of carboxylic acid groups (broad SMARTS) is 1. The van der Waals surface area contributed by atoms with Gasteiger partial charge in [-0.3, -0.25) is 9.89 Å². The van der Waals surface area contributed by atoms with E-state index in [2.05, 4.69) is 11.7 Å². The zero-order valence-electron chi connectivity index (χ0n) is 14.9. The van der Waals surface area contributed by atoms with Crippen LogP contribution in [0.15, 0.2) is 47.3 Å².